The van der Waals surface area contributed by atoms with Crippen molar-refractivity contribution in [3.05, 3.63) is 237 Å². The third-order valence-corrected chi connectivity index (χ3v) is 27.8. The molecule has 0 radical (unpaired) electrons. The molecule has 45 heteroatoms. The predicted molar refractivity (Wildman–Crippen MR) is 518 cm³/mol. The molecule has 12 N–H and O–H groups in total. The maximum Gasteiger partial charge on any atom is 0.416 e. The molecule has 4 saturated carbocycles. The molecule has 8 heterocycles. The van der Waals surface area contributed by atoms with Gasteiger partial charge in [0.15, 0.2) is 6.19 Å². The molecule has 4 aromatic heterocycles. The summed E-state index contributed by atoms with van der Waals surface area (Å²) in [5, 5.41) is 38.1. The number of pyridine rings is 4. The Morgan fingerprint density at radius 3 is 0.822 bits per heavy atom. The fourth-order valence-electron chi connectivity index (χ4n) is 19.5. The van der Waals surface area contributed by atoms with Crippen LogP contribution in [0.2, 0.25) is 0 Å². The van der Waals surface area contributed by atoms with Crippen molar-refractivity contribution in [1.29, 1.82) is 5.26 Å². The smallest absolute Gasteiger partial charge is 0.373 e. The van der Waals surface area contributed by atoms with E-state index < -0.39 is 86.5 Å². The quantitative estimate of drug-likeness (QED) is 0.0118. The predicted octanol–water partition coefficient (Wildman–Crippen LogP) is 12.7. The molecule has 0 bridgehead atoms. The highest BCUT2D eigenvalue weighted by Crippen LogP contribution is 2.42. The lowest BCUT2D eigenvalue weighted by Gasteiger charge is -2.46. The van der Waals surface area contributed by atoms with E-state index in [0.717, 1.165) is 244 Å². The van der Waals surface area contributed by atoms with Gasteiger partial charge >= 0.3 is 24.7 Å². The van der Waals surface area contributed by atoms with E-state index in [-0.39, 0.29) is 102 Å². The van der Waals surface area contributed by atoms with Crippen LogP contribution in [0, 0.1) is 11.5 Å². The van der Waals surface area contributed by atoms with Crippen LogP contribution >= 0.6 is 0 Å². The van der Waals surface area contributed by atoms with E-state index in [0.29, 0.717) is 72.5 Å². The highest BCUT2D eigenvalue weighted by Gasteiger charge is 2.43. The van der Waals surface area contributed by atoms with E-state index in [9.17, 15) is 104 Å². The van der Waals surface area contributed by atoms with Crippen molar-refractivity contribution < 1.29 is 104 Å². The fraction of sp³-hybridized carbons (Fsp3) is 0.465. The number of benzene rings is 4. The Balaban J connectivity index is 0.000000163. The van der Waals surface area contributed by atoms with Gasteiger partial charge in [0.2, 0.25) is 39.6 Å². The standard InChI is InChI=1S/C26H30F3N5O3.C25H27F3N6O2.C25H30F3N5O4S.C25H30F3N5O2/c1-16(35)31-23-7-3-6-22(33-23)17-8-10-21(11-9-17)34-14-20(15-34)32-24(36)13-30-25(37)18-4-2-5-19(12-18)26(27,28)29;26-25(27,28)18-4-1-3-17(11-18)24(36)30-12-23(35)32-19-13-34(14-19)20-9-7-16(8-10-20)21-5-2-6-22(33-21)31-15-29;1-38(36,37)32-22-7-3-6-21(31-22)16-8-10-20(11-9-16)33-14-19(15-33)30-23(34)13-29-24(35)17-4-2-5-18(12-17)25(26,27)28;1-29-22-7-3-6-21(32-22)16-8-10-20(11-9-16)33-14-19(15-33)31-23(34)13-30-24(35)17-4-2-5-18(12-17)25(26,27)28/h2-7,12,17,20-21H,8-11,13-15H2,1H3,(H,30,37)(H,32,36)(H,31,33,35);1-6,11,16,19-20H,7-10,12-14H2,(H,30,36)(H,31,33)(H,32,35);2-7,12,16,19-20H,8-11,13-15H2,1H3,(H,29,35)(H,30,34)(H,31,32);2-7,12,16,19-20H,8-11,13-15H2,1H3,(H,29,32)(H,30,35)(H,31,34). The average molecular weight is 2060 g/mol. The van der Waals surface area contributed by atoms with Gasteiger partial charge in [0, 0.05) is 159 Å². The Morgan fingerprint density at radius 1 is 0.342 bits per heavy atom. The van der Waals surface area contributed by atoms with Gasteiger partial charge in [-0.3, -0.25) is 72.8 Å². The summed E-state index contributed by atoms with van der Waals surface area (Å²) in [6.07, 6.45) is 1.01. The number of carbonyl (C=O) groups is 9. The summed E-state index contributed by atoms with van der Waals surface area (Å²) in [4.78, 5) is 136. The van der Waals surface area contributed by atoms with E-state index in [1.54, 1.807) is 24.3 Å². The Labute approximate surface area is 836 Å². The first-order valence-electron chi connectivity index (χ1n) is 48.3. The second kappa shape index (κ2) is 49.6. The summed E-state index contributed by atoms with van der Waals surface area (Å²) >= 11 is 0. The van der Waals surface area contributed by atoms with Crippen LogP contribution in [-0.4, -0.2) is 241 Å². The van der Waals surface area contributed by atoms with Crippen LogP contribution in [0.1, 0.15) is 220 Å². The van der Waals surface area contributed by atoms with Gasteiger partial charge in [-0.25, -0.2) is 28.4 Å². The molecule has 0 unspecified atom stereocenters. The highest BCUT2D eigenvalue weighted by molar-refractivity contribution is 7.92. The molecule has 146 heavy (non-hydrogen) atoms. The van der Waals surface area contributed by atoms with Gasteiger partial charge in [0.05, 0.1) is 78.9 Å². The van der Waals surface area contributed by atoms with Crippen molar-refractivity contribution in [2.75, 3.05) is 113 Å². The number of hydrogen-bond acceptors (Lipinski definition) is 22. The number of alkyl halides is 12. The normalized spacial score (nSPS) is 20.8. The molecule has 8 aromatic rings. The summed E-state index contributed by atoms with van der Waals surface area (Å²) in [6.45, 7) is 6.04. The first-order chi connectivity index (χ1) is 69.4. The van der Waals surface area contributed by atoms with Crippen LogP contribution in [0.4, 0.5) is 76.0 Å². The second-order valence-electron chi connectivity index (χ2n) is 37.8. The number of hydrogen-bond donors (Lipinski definition) is 12. The molecule has 4 saturated heterocycles. The summed E-state index contributed by atoms with van der Waals surface area (Å²) in [7, 11) is -1.52. The lowest BCUT2D eigenvalue weighted by Crippen LogP contribution is -2.63. The minimum absolute atomic E-state index is 0.0136. The minimum Gasteiger partial charge on any atom is -0.373 e. The molecule has 8 fully saturated rings. The largest absolute Gasteiger partial charge is 0.416 e. The van der Waals surface area contributed by atoms with Crippen LogP contribution in [0.15, 0.2) is 170 Å². The van der Waals surface area contributed by atoms with E-state index in [2.05, 4.69) is 109 Å². The molecule has 782 valence electrons. The molecule has 0 atom stereocenters. The summed E-state index contributed by atoms with van der Waals surface area (Å²) < 4.78 is 179. The number of nitrogens with one attached hydrogen (secondary N) is 12. The Hall–Kier alpha value is -13.5. The molecule has 4 aliphatic carbocycles. The van der Waals surface area contributed by atoms with Crippen LogP contribution in [0.3, 0.4) is 0 Å². The van der Waals surface area contributed by atoms with Crippen molar-refractivity contribution >= 4 is 86.5 Å². The maximum absolute atomic E-state index is 12.8. The van der Waals surface area contributed by atoms with Gasteiger partial charge in [-0.2, -0.15) is 57.9 Å². The zero-order valence-corrected chi connectivity index (χ0v) is 81.2. The molecule has 4 aromatic carbocycles. The highest BCUT2D eigenvalue weighted by atomic mass is 32.2. The zero-order chi connectivity index (χ0) is 105. The van der Waals surface area contributed by atoms with Gasteiger partial charge < -0.3 is 53.2 Å². The summed E-state index contributed by atoms with van der Waals surface area (Å²) in [5.74, 6) is -0.801. The van der Waals surface area contributed by atoms with Crippen LogP contribution in [0.5, 0.6) is 0 Å². The summed E-state index contributed by atoms with van der Waals surface area (Å²) in [6, 6.07) is 40.8. The number of amides is 9. The van der Waals surface area contributed by atoms with E-state index >= 15 is 0 Å². The fourth-order valence-corrected chi connectivity index (χ4v) is 20.0. The minimum atomic E-state index is -4.55. The molecule has 32 nitrogen and oxygen atoms in total. The number of halogens is 12. The average Bonchev–Trinajstić information content (AvgIpc) is 0.803. The lowest BCUT2D eigenvalue weighted by molar-refractivity contribution is -0.138. The third-order valence-electron chi connectivity index (χ3n) is 27.2. The van der Waals surface area contributed by atoms with Crippen molar-refractivity contribution in [2.45, 2.75) is 206 Å². The van der Waals surface area contributed by atoms with Crippen LogP contribution < -0.4 is 63.2 Å². The molecular weight excluding hydrogens is 1940 g/mol. The summed E-state index contributed by atoms with van der Waals surface area (Å²) in [5.41, 5.74) is -0.247. The number of sulfonamides is 1. The molecular formula is C101H117F12N21O11S. The number of aromatic nitrogens is 4. The van der Waals surface area contributed by atoms with Crippen molar-refractivity contribution in [3.63, 3.8) is 0 Å². The van der Waals surface area contributed by atoms with Gasteiger partial charge in [-0.1, -0.05) is 48.5 Å². The van der Waals surface area contributed by atoms with Gasteiger partial charge in [0.25, 0.3) is 23.6 Å². The Kier molecular flexibility index (Phi) is 37.3. The number of rotatable bonds is 29. The van der Waals surface area contributed by atoms with E-state index in [1.165, 1.54) is 37.3 Å². The SMILES string of the molecule is CC(=O)Nc1cccc(C2CCC(N3CC(NC(=O)CNC(=O)c4cccc(C(F)(F)F)c4)C3)CC2)n1.CNc1cccc(C2CCC(N3CC(NC(=O)CNC(=O)c4cccc(C(F)(F)F)c4)C3)CC2)n1.CS(=O)(=O)Nc1cccc(C2CCC(N3CC(NC(=O)CNC(=O)c4cccc(C(F)(F)F)c4)C3)CC2)n1.N#CNc1cccc(C2CCC(N3CC(NC(=O)CNC(=O)c4cccc(C(F)(F)F)c4)C3)CC2)n1. The Bertz CT molecular complexity index is 6040. The maximum atomic E-state index is 12.8. The first-order valence-corrected chi connectivity index (χ1v) is 50.2. The zero-order valence-electron chi connectivity index (χ0n) is 80.4. The lowest BCUT2D eigenvalue weighted by atomic mass is 9.82. The van der Waals surface area contributed by atoms with Crippen molar-refractivity contribution in [1.82, 2.24) is 82.1 Å². The van der Waals surface area contributed by atoms with Crippen molar-refractivity contribution in [3.8, 4) is 6.19 Å². The first kappa shape index (κ1) is 110. The number of anilines is 4. The third kappa shape index (κ3) is 32.3. The number of carbonyl (C=O) groups excluding carboxylic acids is 9. The van der Waals surface area contributed by atoms with Gasteiger partial charge in [0.1, 0.15) is 23.3 Å². The number of nitrogens with zero attached hydrogens (tertiary/aromatic N) is 9. The molecule has 16 rings (SSSR count). The van der Waals surface area contributed by atoms with Crippen LogP contribution in [-0.2, 0) is 58.7 Å². The van der Waals surface area contributed by atoms with E-state index in [4.69, 9.17) is 5.26 Å². The van der Waals surface area contributed by atoms with Gasteiger partial charge in [-0.05, 0) is 224 Å². The van der Waals surface area contributed by atoms with E-state index in [1.807, 2.05) is 55.7 Å². The molecule has 0 spiro atoms. The number of nitriles is 1. The number of likely N-dealkylation sites (tertiary alicyclic amines) is 4. The van der Waals surface area contributed by atoms with Crippen molar-refractivity contribution in [2.24, 2.45) is 0 Å². The second-order valence-corrected chi connectivity index (χ2v) is 39.5. The molecule has 9 amide bonds. The molecule has 4 aliphatic heterocycles. The topological polar surface area (TPSA) is 420 Å². The monoisotopic (exact) mass is 2060 g/mol. The van der Waals surface area contributed by atoms with Crippen LogP contribution in [0.25, 0.3) is 0 Å². The Morgan fingerprint density at radius 2 is 0.575 bits per heavy atom. The van der Waals surface area contributed by atoms with Gasteiger partial charge in [-0.15, -0.1) is 0 Å². The molecule has 8 aliphatic rings.